The average molecular weight is 513 g/mol. The second-order valence-electron chi connectivity index (χ2n) is 8.59. The van der Waals surface area contributed by atoms with Gasteiger partial charge in [0.15, 0.2) is 23.0 Å². The number of halogens is 1. The second kappa shape index (κ2) is 10.0. The summed E-state index contributed by atoms with van der Waals surface area (Å²) in [6.45, 7) is 1.96. The van der Waals surface area contributed by atoms with Crippen molar-refractivity contribution in [3.8, 4) is 11.5 Å². The third-order valence-corrected chi connectivity index (χ3v) is 6.03. The van der Waals surface area contributed by atoms with Gasteiger partial charge in [0.1, 0.15) is 5.58 Å². The summed E-state index contributed by atoms with van der Waals surface area (Å²) in [5.41, 5.74) is 0.753. The molecule has 188 valence electrons. The van der Waals surface area contributed by atoms with Gasteiger partial charge >= 0.3 is 5.97 Å². The van der Waals surface area contributed by atoms with Gasteiger partial charge in [-0.2, -0.15) is 0 Å². The Kier molecular flexibility index (Phi) is 7.05. The topological polar surface area (TPSA) is 110 Å². The van der Waals surface area contributed by atoms with Crippen molar-refractivity contribution in [2.24, 2.45) is 0 Å². The number of esters is 1. The molecule has 10 heteroatoms. The molecule has 1 N–H and O–H groups in total. The summed E-state index contributed by atoms with van der Waals surface area (Å²) in [7, 11) is 5.13. The number of aliphatic hydroxyl groups is 1. The first-order valence-corrected chi connectivity index (χ1v) is 11.5. The van der Waals surface area contributed by atoms with Gasteiger partial charge in [0.2, 0.25) is 5.78 Å². The summed E-state index contributed by atoms with van der Waals surface area (Å²) < 4.78 is 16.3. The first kappa shape index (κ1) is 25.3. The van der Waals surface area contributed by atoms with Gasteiger partial charge in [-0.15, -0.1) is 0 Å². The molecule has 3 aromatic rings. The van der Waals surface area contributed by atoms with E-state index in [0.717, 1.165) is 0 Å². The number of likely N-dealkylation sites (N-methyl/N-ethyl adjacent to an activating group) is 1. The SMILES string of the molecule is COc1ccc(C2C(C(=O)c3cc4cc(Cl)ccc4o3)=C(O)C(=O)N2CCN(C)C)cc1OC(C)=O. The Bertz CT molecular complexity index is 1390. The summed E-state index contributed by atoms with van der Waals surface area (Å²) in [6, 6.07) is 10.2. The number of ether oxygens (including phenoxy) is 2. The monoisotopic (exact) mass is 512 g/mol. The third kappa shape index (κ3) is 4.80. The van der Waals surface area contributed by atoms with E-state index in [1.807, 2.05) is 19.0 Å². The maximum absolute atomic E-state index is 13.7. The fourth-order valence-corrected chi connectivity index (χ4v) is 4.31. The molecule has 0 fully saturated rings. The molecule has 1 aliphatic rings. The van der Waals surface area contributed by atoms with Crippen molar-refractivity contribution in [3.05, 3.63) is 70.1 Å². The van der Waals surface area contributed by atoms with E-state index in [1.165, 1.54) is 31.1 Å². The molecule has 36 heavy (non-hydrogen) atoms. The Morgan fingerprint density at radius 3 is 2.56 bits per heavy atom. The highest BCUT2D eigenvalue weighted by Gasteiger charge is 2.44. The summed E-state index contributed by atoms with van der Waals surface area (Å²) in [5.74, 6) is -2.17. The standard InChI is InChI=1S/C26H25ClN2O7/c1-14(30)35-20-12-15(5-7-19(20)34-4)23-22(25(32)26(33)29(23)10-9-28(2)3)24(31)21-13-16-11-17(27)6-8-18(16)36-21/h5-8,11-13,23,32H,9-10H2,1-4H3. The minimum atomic E-state index is -0.957. The van der Waals surface area contributed by atoms with Gasteiger partial charge < -0.3 is 28.8 Å². The molecule has 2 heterocycles. The molecule has 0 saturated carbocycles. The van der Waals surface area contributed by atoms with Gasteiger partial charge in [0.05, 0.1) is 18.7 Å². The molecular formula is C26H25ClN2O7. The van der Waals surface area contributed by atoms with Crippen LogP contribution in [0.2, 0.25) is 5.02 Å². The number of carbonyl (C=O) groups is 3. The number of Topliss-reactive ketones (excluding diaryl/α,β-unsaturated/α-hetero) is 1. The number of hydrogen-bond donors (Lipinski definition) is 1. The van der Waals surface area contributed by atoms with Crippen molar-refractivity contribution in [1.29, 1.82) is 0 Å². The molecule has 0 bridgehead atoms. The second-order valence-corrected chi connectivity index (χ2v) is 9.03. The molecule has 0 saturated heterocycles. The maximum atomic E-state index is 13.7. The van der Waals surface area contributed by atoms with Crippen LogP contribution in [0.1, 0.15) is 29.1 Å². The van der Waals surface area contributed by atoms with Crippen molar-refractivity contribution in [2.75, 3.05) is 34.3 Å². The number of hydrogen-bond acceptors (Lipinski definition) is 8. The molecule has 0 radical (unpaired) electrons. The molecule has 1 amide bonds. The largest absolute Gasteiger partial charge is 0.503 e. The molecular weight excluding hydrogens is 488 g/mol. The van der Waals surface area contributed by atoms with Crippen molar-refractivity contribution < 1.29 is 33.4 Å². The lowest BCUT2D eigenvalue weighted by atomic mass is 9.94. The van der Waals surface area contributed by atoms with Crippen molar-refractivity contribution in [3.63, 3.8) is 0 Å². The van der Waals surface area contributed by atoms with Crippen LogP contribution in [0.5, 0.6) is 11.5 Å². The number of benzene rings is 2. The van der Waals surface area contributed by atoms with E-state index in [4.69, 9.17) is 25.5 Å². The highest BCUT2D eigenvalue weighted by Crippen LogP contribution is 2.42. The smallest absolute Gasteiger partial charge is 0.308 e. The van der Waals surface area contributed by atoms with Crippen LogP contribution in [0.4, 0.5) is 0 Å². The van der Waals surface area contributed by atoms with Gasteiger partial charge in [-0.1, -0.05) is 17.7 Å². The van der Waals surface area contributed by atoms with E-state index in [2.05, 4.69) is 0 Å². The Morgan fingerprint density at radius 1 is 1.14 bits per heavy atom. The molecule has 1 aromatic heterocycles. The highest BCUT2D eigenvalue weighted by molar-refractivity contribution is 6.31. The van der Waals surface area contributed by atoms with Crippen LogP contribution in [0.25, 0.3) is 11.0 Å². The van der Waals surface area contributed by atoms with E-state index >= 15 is 0 Å². The number of ketones is 1. The van der Waals surface area contributed by atoms with E-state index in [1.54, 1.807) is 30.3 Å². The first-order valence-electron chi connectivity index (χ1n) is 11.1. The Hall–Kier alpha value is -3.82. The van der Waals surface area contributed by atoms with Crippen molar-refractivity contribution in [2.45, 2.75) is 13.0 Å². The van der Waals surface area contributed by atoms with Crippen LogP contribution in [0, 0.1) is 0 Å². The zero-order valence-electron chi connectivity index (χ0n) is 20.2. The van der Waals surface area contributed by atoms with E-state index in [9.17, 15) is 19.5 Å². The normalized spacial score (nSPS) is 15.8. The van der Waals surface area contributed by atoms with Gasteiger partial charge in [0, 0.05) is 30.4 Å². The van der Waals surface area contributed by atoms with Crippen LogP contribution < -0.4 is 9.47 Å². The zero-order chi connectivity index (χ0) is 26.1. The van der Waals surface area contributed by atoms with Gasteiger partial charge in [-0.05, 0) is 56.1 Å². The maximum Gasteiger partial charge on any atom is 0.308 e. The summed E-state index contributed by atoms with van der Waals surface area (Å²) in [6.07, 6.45) is 0. The van der Waals surface area contributed by atoms with Crippen LogP contribution in [-0.2, 0) is 9.59 Å². The molecule has 2 aromatic carbocycles. The van der Waals surface area contributed by atoms with Crippen molar-refractivity contribution >= 4 is 40.2 Å². The molecule has 0 aliphatic carbocycles. The fourth-order valence-electron chi connectivity index (χ4n) is 4.13. The fraction of sp³-hybridized carbons (Fsp3) is 0.269. The van der Waals surface area contributed by atoms with Gasteiger partial charge in [-0.3, -0.25) is 14.4 Å². The Labute approximate surface area is 212 Å². The first-order chi connectivity index (χ1) is 17.1. The number of aliphatic hydroxyl groups excluding tert-OH is 1. The summed E-state index contributed by atoms with van der Waals surface area (Å²) in [4.78, 5) is 41.7. The number of furan rings is 1. The third-order valence-electron chi connectivity index (χ3n) is 5.80. The Balaban J connectivity index is 1.83. The lowest BCUT2D eigenvalue weighted by Crippen LogP contribution is -2.36. The number of amides is 1. The minimum Gasteiger partial charge on any atom is -0.503 e. The molecule has 1 aliphatic heterocycles. The minimum absolute atomic E-state index is 0.0465. The van der Waals surface area contributed by atoms with Crippen LogP contribution >= 0.6 is 11.6 Å². The predicted octanol–water partition coefficient (Wildman–Crippen LogP) is 4.16. The summed E-state index contributed by atoms with van der Waals surface area (Å²) >= 11 is 6.06. The number of fused-ring (bicyclic) bond motifs is 1. The quantitative estimate of drug-likeness (QED) is 0.272. The molecule has 4 rings (SSSR count). The van der Waals surface area contributed by atoms with Crippen LogP contribution in [0.15, 0.2) is 58.2 Å². The average Bonchev–Trinajstić information content (AvgIpc) is 3.35. The molecule has 1 unspecified atom stereocenters. The number of rotatable bonds is 8. The predicted molar refractivity (Wildman–Crippen MR) is 133 cm³/mol. The van der Waals surface area contributed by atoms with Crippen LogP contribution in [0.3, 0.4) is 0 Å². The Morgan fingerprint density at radius 2 is 1.89 bits per heavy atom. The van der Waals surface area contributed by atoms with Crippen LogP contribution in [-0.4, -0.2) is 66.9 Å². The van der Waals surface area contributed by atoms with E-state index < -0.39 is 29.5 Å². The lowest BCUT2D eigenvalue weighted by Gasteiger charge is -2.28. The molecule has 9 nitrogen and oxygen atoms in total. The number of nitrogens with zero attached hydrogens (tertiary/aromatic N) is 2. The van der Waals surface area contributed by atoms with E-state index in [-0.39, 0.29) is 23.6 Å². The van der Waals surface area contributed by atoms with Gasteiger partial charge in [-0.25, -0.2) is 0 Å². The zero-order valence-corrected chi connectivity index (χ0v) is 21.0. The van der Waals surface area contributed by atoms with E-state index in [0.29, 0.717) is 33.8 Å². The van der Waals surface area contributed by atoms with Gasteiger partial charge in [0.25, 0.3) is 5.91 Å². The number of carbonyl (C=O) groups excluding carboxylic acids is 3. The molecule has 1 atom stereocenters. The molecule has 0 spiro atoms. The summed E-state index contributed by atoms with van der Waals surface area (Å²) in [5, 5.41) is 12.0. The van der Waals surface area contributed by atoms with Crippen molar-refractivity contribution in [1.82, 2.24) is 9.80 Å². The highest BCUT2D eigenvalue weighted by atomic mass is 35.5. The number of methoxy groups -OCH3 is 1. The lowest BCUT2D eigenvalue weighted by molar-refractivity contribution is -0.132.